The Labute approximate surface area is 146 Å². The van der Waals surface area contributed by atoms with Gasteiger partial charge in [0.15, 0.2) is 11.5 Å². The molecule has 0 bridgehead atoms. The van der Waals surface area contributed by atoms with Crippen LogP contribution in [0.1, 0.15) is 12.5 Å². The van der Waals surface area contributed by atoms with Crippen LogP contribution in [0.15, 0.2) is 35.3 Å². The quantitative estimate of drug-likeness (QED) is 0.628. The van der Waals surface area contributed by atoms with E-state index in [1.165, 1.54) is 0 Å². The molecule has 1 aliphatic heterocycles. The van der Waals surface area contributed by atoms with E-state index in [0.717, 1.165) is 40.7 Å². The van der Waals surface area contributed by atoms with Gasteiger partial charge in [0.2, 0.25) is 6.79 Å². The number of benzene rings is 2. The SMILES string of the molecule is CCN(C)/C=N\c1cc(Cl)c(Nc2ccc3c(c2)OCO3)cc1C. The number of aryl methyl sites for hydroxylation is 1. The van der Waals surface area contributed by atoms with Crippen LogP contribution in [0.4, 0.5) is 17.1 Å². The lowest BCUT2D eigenvalue weighted by molar-refractivity contribution is 0.174. The molecule has 1 heterocycles. The third kappa shape index (κ3) is 3.57. The third-order valence-corrected chi connectivity index (χ3v) is 4.14. The molecule has 2 aromatic rings. The first-order valence-electron chi connectivity index (χ1n) is 7.78. The monoisotopic (exact) mass is 345 g/mol. The Hall–Kier alpha value is -2.40. The van der Waals surface area contributed by atoms with Crippen LogP contribution in [0.25, 0.3) is 0 Å². The van der Waals surface area contributed by atoms with Crippen LogP contribution in [0.5, 0.6) is 11.5 Å². The molecule has 0 fully saturated rings. The van der Waals surface area contributed by atoms with Gasteiger partial charge in [-0.05, 0) is 43.7 Å². The van der Waals surface area contributed by atoms with E-state index in [1.807, 2.05) is 55.5 Å². The van der Waals surface area contributed by atoms with Crippen molar-refractivity contribution in [3.05, 3.63) is 40.9 Å². The number of aliphatic imine (C=N–C) groups is 1. The summed E-state index contributed by atoms with van der Waals surface area (Å²) in [5.74, 6) is 1.49. The lowest BCUT2D eigenvalue weighted by Gasteiger charge is -2.13. The van der Waals surface area contributed by atoms with E-state index in [1.54, 1.807) is 0 Å². The number of rotatable bonds is 5. The number of hydrogen-bond acceptors (Lipinski definition) is 4. The summed E-state index contributed by atoms with van der Waals surface area (Å²) in [6, 6.07) is 9.57. The number of halogens is 1. The first-order chi connectivity index (χ1) is 11.6. The van der Waals surface area contributed by atoms with Gasteiger partial charge < -0.3 is 19.7 Å². The maximum atomic E-state index is 6.41. The Balaban J connectivity index is 1.81. The molecule has 1 aliphatic rings. The molecule has 1 N–H and O–H groups in total. The second-order valence-electron chi connectivity index (χ2n) is 5.63. The average Bonchev–Trinajstić information content (AvgIpc) is 3.04. The van der Waals surface area contributed by atoms with Gasteiger partial charge in [0, 0.05) is 25.3 Å². The molecule has 0 unspecified atom stereocenters. The Morgan fingerprint density at radius 1 is 1.25 bits per heavy atom. The van der Waals surface area contributed by atoms with E-state index >= 15 is 0 Å². The van der Waals surface area contributed by atoms with Crippen molar-refractivity contribution in [1.82, 2.24) is 4.90 Å². The highest BCUT2D eigenvalue weighted by atomic mass is 35.5. The summed E-state index contributed by atoms with van der Waals surface area (Å²) in [5, 5.41) is 3.93. The van der Waals surface area contributed by atoms with Gasteiger partial charge in [0.05, 0.1) is 22.7 Å². The minimum absolute atomic E-state index is 0.261. The van der Waals surface area contributed by atoms with Crippen LogP contribution in [0.2, 0.25) is 5.02 Å². The van der Waals surface area contributed by atoms with Crippen molar-refractivity contribution >= 4 is 35.0 Å². The van der Waals surface area contributed by atoms with Crippen LogP contribution in [-0.2, 0) is 0 Å². The highest BCUT2D eigenvalue weighted by Gasteiger charge is 2.14. The normalized spacial score (nSPS) is 12.7. The molecule has 0 aromatic heterocycles. The Morgan fingerprint density at radius 3 is 2.83 bits per heavy atom. The minimum Gasteiger partial charge on any atom is -0.454 e. The molecule has 126 valence electrons. The maximum absolute atomic E-state index is 6.41. The molecule has 6 heteroatoms. The summed E-state index contributed by atoms with van der Waals surface area (Å²) in [7, 11) is 1.98. The van der Waals surface area contributed by atoms with Crippen molar-refractivity contribution in [3.63, 3.8) is 0 Å². The van der Waals surface area contributed by atoms with Crippen molar-refractivity contribution < 1.29 is 9.47 Å². The summed E-state index contributed by atoms with van der Waals surface area (Å²) in [6.45, 7) is 5.25. The molecule has 5 nitrogen and oxygen atoms in total. The van der Waals surface area contributed by atoms with Gasteiger partial charge in [-0.15, -0.1) is 0 Å². The summed E-state index contributed by atoms with van der Waals surface area (Å²) in [4.78, 5) is 6.49. The summed E-state index contributed by atoms with van der Waals surface area (Å²) in [6.07, 6.45) is 1.81. The van der Waals surface area contributed by atoms with Crippen LogP contribution in [0.3, 0.4) is 0 Å². The topological polar surface area (TPSA) is 46.1 Å². The molecular weight excluding hydrogens is 326 g/mol. The predicted octanol–water partition coefficient (Wildman–Crippen LogP) is 4.73. The van der Waals surface area contributed by atoms with Gasteiger partial charge in [0.1, 0.15) is 0 Å². The highest BCUT2D eigenvalue weighted by Crippen LogP contribution is 2.37. The first-order valence-corrected chi connectivity index (χ1v) is 8.16. The fraction of sp³-hybridized carbons (Fsp3) is 0.278. The van der Waals surface area contributed by atoms with Crippen molar-refractivity contribution in [2.24, 2.45) is 4.99 Å². The van der Waals surface area contributed by atoms with Gasteiger partial charge >= 0.3 is 0 Å². The Morgan fingerprint density at radius 2 is 2.04 bits per heavy atom. The maximum Gasteiger partial charge on any atom is 0.231 e. The van der Waals surface area contributed by atoms with Crippen molar-refractivity contribution in [2.75, 3.05) is 25.7 Å². The lowest BCUT2D eigenvalue weighted by Crippen LogP contribution is -2.14. The second kappa shape index (κ2) is 7.01. The van der Waals surface area contributed by atoms with Gasteiger partial charge in [0.25, 0.3) is 0 Å². The van der Waals surface area contributed by atoms with Crippen LogP contribution < -0.4 is 14.8 Å². The lowest BCUT2D eigenvalue weighted by atomic mass is 10.1. The molecule has 2 aromatic carbocycles. The fourth-order valence-corrected chi connectivity index (χ4v) is 2.48. The van der Waals surface area contributed by atoms with E-state index < -0.39 is 0 Å². The van der Waals surface area contributed by atoms with Crippen molar-refractivity contribution in [2.45, 2.75) is 13.8 Å². The van der Waals surface area contributed by atoms with E-state index in [2.05, 4.69) is 17.2 Å². The fourth-order valence-electron chi connectivity index (χ4n) is 2.28. The van der Waals surface area contributed by atoms with Crippen LogP contribution in [0, 0.1) is 6.92 Å². The zero-order valence-electron chi connectivity index (χ0n) is 14.0. The second-order valence-corrected chi connectivity index (χ2v) is 6.04. The molecule has 3 rings (SSSR count). The van der Waals surface area contributed by atoms with E-state index in [0.29, 0.717) is 5.02 Å². The smallest absolute Gasteiger partial charge is 0.231 e. The molecule has 0 amide bonds. The summed E-state index contributed by atoms with van der Waals surface area (Å²) in [5.41, 5.74) is 3.62. The Bertz CT molecular complexity index is 777. The zero-order valence-corrected chi connectivity index (χ0v) is 14.7. The molecule has 0 aliphatic carbocycles. The predicted molar refractivity (Wildman–Crippen MR) is 98.5 cm³/mol. The largest absolute Gasteiger partial charge is 0.454 e. The standard InChI is InChI=1S/C18H20ClN3O2/c1-4-22(3)10-20-15-9-14(19)16(7-12(15)2)21-13-5-6-17-18(8-13)24-11-23-17/h5-10,21H,4,11H2,1-3H3/b20-10-. The van der Waals surface area contributed by atoms with Gasteiger partial charge in [-0.3, -0.25) is 0 Å². The average molecular weight is 346 g/mol. The first kappa shape index (κ1) is 16.5. The molecule has 0 spiro atoms. The van der Waals surface area contributed by atoms with Gasteiger partial charge in [-0.2, -0.15) is 0 Å². The zero-order chi connectivity index (χ0) is 17.1. The van der Waals surface area contributed by atoms with Crippen LogP contribution >= 0.6 is 11.6 Å². The highest BCUT2D eigenvalue weighted by molar-refractivity contribution is 6.33. The third-order valence-electron chi connectivity index (χ3n) is 3.83. The van der Waals surface area contributed by atoms with Crippen molar-refractivity contribution in [3.8, 4) is 11.5 Å². The van der Waals surface area contributed by atoms with E-state index in [9.17, 15) is 0 Å². The van der Waals surface area contributed by atoms with Crippen molar-refractivity contribution in [1.29, 1.82) is 0 Å². The van der Waals surface area contributed by atoms with Gasteiger partial charge in [-0.1, -0.05) is 11.6 Å². The van der Waals surface area contributed by atoms with E-state index in [4.69, 9.17) is 21.1 Å². The molecule has 0 saturated heterocycles. The molecule has 0 atom stereocenters. The molecule has 0 saturated carbocycles. The number of nitrogens with zero attached hydrogens (tertiary/aromatic N) is 2. The number of anilines is 2. The number of hydrogen-bond donors (Lipinski definition) is 1. The number of fused-ring (bicyclic) bond motifs is 1. The van der Waals surface area contributed by atoms with Gasteiger partial charge in [-0.25, -0.2) is 4.99 Å². The summed E-state index contributed by atoms with van der Waals surface area (Å²) >= 11 is 6.41. The number of ether oxygens (including phenoxy) is 2. The molecular formula is C18H20ClN3O2. The van der Waals surface area contributed by atoms with Crippen LogP contribution in [-0.4, -0.2) is 31.6 Å². The minimum atomic E-state index is 0.261. The summed E-state index contributed by atoms with van der Waals surface area (Å²) < 4.78 is 10.7. The Kier molecular flexibility index (Phi) is 4.81. The molecule has 0 radical (unpaired) electrons. The number of nitrogens with one attached hydrogen (secondary N) is 1. The molecule has 24 heavy (non-hydrogen) atoms. The van der Waals surface area contributed by atoms with E-state index in [-0.39, 0.29) is 6.79 Å².